The van der Waals surface area contributed by atoms with Gasteiger partial charge in [0.05, 0.1) is 0 Å². The Hall–Kier alpha value is -0.410. The van der Waals surface area contributed by atoms with Crippen molar-refractivity contribution in [3.8, 4) is 0 Å². The molecule has 0 spiro atoms. The number of hydrogen-bond donors (Lipinski definition) is 1. The fourth-order valence-corrected chi connectivity index (χ4v) is 2.32. The van der Waals surface area contributed by atoms with Crippen LogP contribution in [-0.2, 0) is 4.79 Å². The average Bonchev–Trinajstić information content (AvgIpc) is 2.01. The number of carbonyl (C=O) groups excluding carboxylic acids is 1. The Balaban J connectivity index is 3.02. The van der Waals surface area contributed by atoms with E-state index in [1.165, 1.54) is 0 Å². The van der Waals surface area contributed by atoms with Gasteiger partial charge in [-0.05, 0) is 7.05 Å². The summed E-state index contributed by atoms with van der Waals surface area (Å²) in [4.78, 5) is 14.1. The lowest BCUT2D eigenvalue weighted by Gasteiger charge is -2.29. The van der Waals surface area contributed by atoms with Gasteiger partial charge in [0.2, 0.25) is 0 Å². The maximum Gasteiger partial charge on any atom is 0.168 e. The molecule has 1 aliphatic rings. The first-order valence-corrected chi connectivity index (χ1v) is 5.08. The molecule has 3 nitrogen and oxygen atoms in total. The van der Waals surface area contributed by atoms with Crippen LogP contribution in [0.2, 0.25) is 0 Å². The minimum Gasteiger partial charge on any atom is -0.385 e. The number of nitrogens with zero attached hydrogens (tertiary/aromatic N) is 1. The van der Waals surface area contributed by atoms with Crippen molar-refractivity contribution in [2.75, 3.05) is 20.1 Å². The summed E-state index contributed by atoms with van der Waals surface area (Å²) < 4.78 is 0. The van der Waals surface area contributed by atoms with E-state index in [1.807, 2.05) is 34.7 Å². The van der Waals surface area contributed by atoms with Gasteiger partial charge in [-0.15, -0.1) is 0 Å². The zero-order valence-electron chi connectivity index (χ0n) is 9.79. The van der Waals surface area contributed by atoms with Crippen LogP contribution in [0.4, 0.5) is 0 Å². The van der Waals surface area contributed by atoms with E-state index in [9.17, 15) is 9.90 Å². The molecule has 0 aromatic heterocycles. The molecule has 1 atom stereocenters. The summed E-state index contributed by atoms with van der Waals surface area (Å²) in [7, 11) is 1.99. The molecule has 82 valence electrons. The first-order chi connectivity index (χ1) is 6.17. The number of rotatable bonds is 0. The van der Waals surface area contributed by atoms with Crippen molar-refractivity contribution < 1.29 is 9.90 Å². The third-order valence-electron chi connectivity index (χ3n) is 3.00. The fraction of sp³-hybridized carbons (Fsp3) is 0.909. The van der Waals surface area contributed by atoms with Crippen molar-refractivity contribution >= 4 is 5.78 Å². The number of aliphatic hydroxyl groups excluding tert-OH is 1. The molecule has 0 bridgehead atoms. The highest BCUT2D eigenvalue weighted by Crippen LogP contribution is 2.33. The van der Waals surface area contributed by atoms with Crippen molar-refractivity contribution in [2.24, 2.45) is 10.8 Å². The molecule has 14 heavy (non-hydrogen) atoms. The van der Waals surface area contributed by atoms with E-state index in [0.29, 0.717) is 6.54 Å². The van der Waals surface area contributed by atoms with Crippen molar-refractivity contribution in [2.45, 2.75) is 33.8 Å². The Labute approximate surface area is 86.1 Å². The second-order valence-corrected chi connectivity index (χ2v) is 5.81. The number of aliphatic hydroxyl groups is 1. The molecular weight excluding hydrogens is 178 g/mol. The topological polar surface area (TPSA) is 40.5 Å². The Morgan fingerprint density at radius 1 is 1.29 bits per heavy atom. The van der Waals surface area contributed by atoms with Crippen molar-refractivity contribution in [1.82, 2.24) is 4.90 Å². The van der Waals surface area contributed by atoms with Gasteiger partial charge in [0.25, 0.3) is 0 Å². The SMILES string of the molecule is CN1CC(C)(C)C(=O)C(O)C(C)(C)C1. The lowest BCUT2D eigenvalue weighted by Crippen LogP contribution is -2.42. The van der Waals surface area contributed by atoms with Gasteiger partial charge in [-0.3, -0.25) is 4.79 Å². The first kappa shape index (κ1) is 11.7. The molecule has 1 aliphatic heterocycles. The summed E-state index contributed by atoms with van der Waals surface area (Å²) in [5, 5.41) is 9.96. The minimum absolute atomic E-state index is 0.0353. The van der Waals surface area contributed by atoms with E-state index in [1.54, 1.807) is 0 Å². The number of ketones is 1. The average molecular weight is 199 g/mol. The maximum absolute atomic E-state index is 12.0. The summed E-state index contributed by atoms with van der Waals surface area (Å²) in [5.41, 5.74) is -0.790. The summed E-state index contributed by atoms with van der Waals surface area (Å²) in [5.74, 6) is -0.0353. The molecule has 3 heteroatoms. The molecule has 1 unspecified atom stereocenters. The lowest BCUT2D eigenvalue weighted by molar-refractivity contribution is -0.139. The molecule has 0 aromatic rings. The molecule has 1 fully saturated rings. The normalized spacial score (nSPS) is 32.7. The van der Waals surface area contributed by atoms with Crippen LogP contribution < -0.4 is 0 Å². The van der Waals surface area contributed by atoms with E-state index >= 15 is 0 Å². The fourth-order valence-electron chi connectivity index (χ4n) is 2.32. The number of hydrogen-bond acceptors (Lipinski definition) is 3. The Bertz CT molecular complexity index is 246. The van der Waals surface area contributed by atoms with E-state index in [2.05, 4.69) is 4.90 Å². The number of likely N-dealkylation sites (tertiary alicyclic amines) is 1. The van der Waals surface area contributed by atoms with Gasteiger partial charge in [-0.1, -0.05) is 27.7 Å². The Morgan fingerprint density at radius 3 is 2.29 bits per heavy atom. The van der Waals surface area contributed by atoms with Crippen LogP contribution in [-0.4, -0.2) is 42.0 Å². The maximum atomic E-state index is 12.0. The predicted molar refractivity (Wildman–Crippen MR) is 56.1 cm³/mol. The van der Waals surface area contributed by atoms with Crippen LogP contribution >= 0.6 is 0 Å². The van der Waals surface area contributed by atoms with Gasteiger partial charge in [0, 0.05) is 23.9 Å². The van der Waals surface area contributed by atoms with Crippen LogP contribution in [0.15, 0.2) is 0 Å². The van der Waals surface area contributed by atoms with Crippen molar-refractivity contribution in [1.29, 1.82) is 0 Å². The molecule has 1 N–H and O–H groups in total. The zero-order valence-corrected chi connectivity index (χ0v) is 9.79. The van der Waals surface area contributed by atoms with E-state index < -0.39 is 11.5 Å². The van der Waals surface area contributed by atoms with Gasteiger partial charge in [-0.25, -0.2) is 0 Å². The van der Waals surface area contributed by atoms with E-state index in [-0.39, 0.29) is 11.2 Å². The monoisotopic (exact) mass is 199 g/mol. The van der Waals surface area contributed by atoms with Gasteiger partial charge in [0.15, 0.2) is 5.78 Å². The molecule has 1 heterocycles. The van der Waals surface area contributed by atoms with Gasteiger partial charge in [0.1, 0.15) is 6.10 Å². The summed E-state index contributed by atoms with van der Waals surface area (Å²) in [6, 6.07) is 0. The highest BCUT2D eigenvalue weighted by atomic mass is 16.3. The zero-order chi connectivity index (χ0) is 11.1. The standard InChI is InChI=1S/C11H21NO2/c1-10(2)6-12(5)7-11(3,4)9(14)8(10)13/h8,13H,6-7H2,1-5H3. The second-order valence-electron chi connectivity index (χ2n) is 5.81. The van der Waals surface area contributed by atoms with Crippen LogP contribution in [0.3, 0.4) is 0 Å². The summed E-state index contributed by atoms with van der Waals surface area (Å²) in [6.07, 6.45) is -0.845. The lowest BCUT2D eigenvalue weighted by atomic mass is 9.78. The van der Waals surface area contributed by atoms with Gasteiger partial charge in [-0.2, -0.15) is 0 Å². The van der Waals surface area contributed by atoms with E-state index in [4.69, 9.17) is 0 Å². The van der Waals surface area contributed by atoms with Crippen molar-refractivity contribution in [3.05, 3.63) is 0 Å². The van der Waals surface area contributed by atoms with Gasteiger partial charge >= 0.3 is 0 Å². The smallest absolute Gasteiger partial charge is 0.168 e. The largest absolute Gasteiger partial charge is 0.385 e. The Kier molecular flexibility index (Phi) is 2.76. The van der Waals surface area contributed by atoms with Crippen LogP contribution in [0.25, 0.3) is 0 Å². The highest BCUT2D eigenvalue weighted by molar-refractivity contribution is 5.89. The third kappa shape index (κ3) is 1.98. The molecule has 0 aromatic carbocycles. The quantitative estimate of drug-likeness (QED) is 0.630. The number of Topliss-reactive ketones (excluding diaryl/α,β-unsaturated/α-hetero) is 1. The molecule has 0 aliphatic carbocycles. The molecule has 0 radical (unpaired) electrons. The molecule has 0 amide bonds. The van der Waals surface area contributed by atoms with Crippen LogP contribution in [0, 0.1) is 10.8 Å². The second kappa shape index (κ2) is 3.31. The molecule has 1 rings (SSSR count). The van der Waals surface area contributed by atoms with Crippen LogP contribution in [0.1, 0.15) is 27.7 Å². The number of carbonyl (C=O) groups is 1. The third-order valence-corrected chi connectivity index (χ3v) is 3.00. The van der Waals surface area contributed by atoms with Gasteiger partial charge < -0.3 is 10.0 Å². The predicted octanol–water partition coefficient (Wildman–Crippen LogP) is 0.914. The van der Waals surface area contributed by atoms with E-state index in [0.717, 1.165) is 6.54 Å². The highest BCUT2D eigenvalue weighted by Gasteiger charge is 2.45. The van der Waals surface area contributed by atoms with Crippen molar-refractivity contribution in [3.63, 3.8) is 0 Å². The first-order valence-electron chi connectivity index (χ1n) is 5.08. The minimum atomic E-state index is -0.845. The summed E-state index contributed by atoms with van der Waals surface area (Å²) >= 11 is 0. The Morgan fingerprint density at radius 2 is 1.79 bits per heavy atom. The summed E-state index contributed by atoms with van der Waals surface area (Å²) in [6.45, 7) is 9.14. The molecule has 1 saturated heterocycles. The molecule has 0 saturated carbocycles. The molecular formula is C11H21NO2. The van der Waals surface area contributed by atoms with Crippen LogP contribution in [0.5, 0.6) is 0 Å².